The normalized spacial score (nSPS) is 25.1. The van der Waals surface area contributed by atoms with Crippen LogP contribution in [-0.2, 0) is 6.42 Å². The van der Waals surface area contributed by atoms with Gasteiger partial charge in [-0.15, -0.1) is 11.3 Å². The van der Waals surface area contributed by atoms with E-state index < -0.39 is 0 Å². The van der Waals surface area contributed by atoms with Crippen molar-refractivity contribution in [3.05, 3.63) is 16.1 Å². The van der Waals surface area contributed by atoms with Gasteiger partial charge in [0.2, 0.25) is 0 Å². The maximum Gasteiger partial charge on any atom is 0.0940 e. The van der Waals surface area contributed by atoms with Crippen LogP contribution in [0.3, 0.4) is 0 Å². The summed E-state index contributed by atoms with van der Waals surface area (Å²) in [4.78, 5) is 4.46. The molecule has 0 radical (unpaired) electrons. The molecule has 2 atom stereocenters. The Labute approximate surface area is 102 Å². The van der Waals surface area contributed by atoms with E-state index in [4.69, 9.17) is 0 Å². The highest BCUT2D eigenvalue weighted by atomic mass is 32.1. The fourth-order valence-corrected chi connectivity index (χ4v) is 2.91. The van der Waals surface area contributed by atoms with Crippen molar-refractivity contribution in [2.24, 2.45) is 11.8 Å². The van der Waals surface area contributed by atoms with Crippen molar-refractivity contribution in [3.63, 3.8) is 0 Å². The molecular weight excluding hydrogens is 218 g/mol. The number of hydrogen-bond donors (Lipinski definition) is 2. The summed E-state index contributed by atoms with van der Waals surface area (Å²) in [6.45, 7) is 8.92. The van der Waals surface area contributed by atoms with Crippen LogP contribution in [0.4, 0.5) is 0 Å². The predicted octanol–water partition coefficient (Wildman–Crippen LogP) is 1.44. The van der Waals surface area contributed by atoms with Gasteiger partial charge in [-0.25, -0.2) is 4.98 Å². The van der Waals surface area contributed by atoms with Crippen molar-refractivity contribution in [1.29, 1.82) is 0 Å². The van der Waals surface area contributed by atoms with Gasteiger partial charge in [0.05, 0.1) is 5.01 Å². The van der Waals surface area contributed by atoms with Crippen LogP contribution in [0.2, 0.25) is 0 Å². The zero-order chi connectivity index (χ0) is 11.4. The molecule has 1 aromatic rings. The molecule has 16 heavy (non-hydrogen) atoms. The van der Waals surface area contributed by atoms with Gasteiger partial charge in [0, 0.05) is 24.0 Å². The molecule has 1 saturated heterocycles. The van der Waals surface area contributed by atoms with E-state index in [1.165, 1.54) is 18.1 Å². The lowest BCUT2D eigenvalue weighted by atomic mass is 9.98. The third-order valence-corrected chi connectivity index (χ3v) is 4.29. The minimum absolute atomic E-state index is 0.804. The molecule has 0 saturated carbocycles. The van der Waals surface area contributed by atoms with Gasteiger partial charge in [-0.2, -0.15) is 0 Å². The average Bonchev–Trinajstić information content (AvgIpc) is 2.83. The smallest absolute Gasteiger partial charge is 0.0940 e. The van der Waals surface area contributed by atoms with E-state index in [-0.39, 0.29) is 0 Å². The maximum absolute atomic E-state index is 4.46. The summed E-state index contributed by atoms with van der Waals surface area (Å²) >= 11 is 1.77. The molecule has 2 heterocycles. The van der Waals surface area contributed by atoms with Gasteiger partial charge in [-0.1, -0.05) is 6.92 Å². The molecule has 3 nitrogen and oxygen atoms in total. The molecule has 0 aliphatic carbocycles. The summed E-state index contributed by atoms with van der Waals surface area (Å²) in [6.07, 6.45) is 1.06. The third kappa shape index (κ3) is 3.27. The summed E-state index contributed by atoms with van der Waals surface area (Å²) < 4.78 is 0. The number of rotatable bonds is 5. The lowest BCUT2D eigenvalue weighted by Gasteiger charge is -2.14. The number of hydrogen-bond acceptors (Lipinski definition) is 4. The summed E-state index contributed by atoms with van der Waals surface area (Å²) in [5, 5.41) is 10.4. The monoisotopic (exact) mass is 239 g/mol. The van der Waals surface area contributed by atoms with E-state index in [1.807, 2.05) is 0 Å². The van der Waals surface area contributed by atoms with Crippen LogP contribution >= 0.6 is 11.3 Å². The van der Waals surface area contributed by atoms with Crippen molar-refractivity contribution in [3.8, 4) is 0 Å². The first-order valence-electron chi connectivity index (χ1n) is 6.08. The molecule has 1 aliphatic heterocycles. The van der Waals surface area contributed by atoms with Crippen molar-refractivity contribution in [2.45, 2.75) is 20.3 Å². The lowest BCUT2D eigenvalue weighted by molar-refractivity contribution is 0.422. The molecule has 0 amide bonds. The first kappa shape index (κ1) is 12.0. The minimum Gasteiger partial charge on any atom is -0.316 e. The molecule has 90 valence electrons. The summed E-state index contributed by atoms with van der Waals surface area (Å²) in [5.74, 6) is 1.62. The summed E-state index contributed by atoms with van der Waals surface area (Å²) in [5.41, 5.74) is 1.15. The Hall–Kier alpha value is -0.450. The Morgan fingerprint density at radius 2 is 2.44 bits per heavy atom. The first-order chi connectivity index (χ1) is 7.75. The van der Waals surface area contributed by atoms with Crippen LogP contribution < -0.4 is 10.6 Å². The molecule has 0 bridgehead atoms. The Kier molecular flexibility index (Phi) is 4.32. The van der Waals surface area contributed by atoms with Gasteiger partial charge >= 0.3 is 0 Å². The number of aryl methyl sites for hydroxylation is 1. The van der Waals surface area contributed by atoms with Crippen molar-refractivity contribution < 1.29 is 0 Å². The van der Waals surface area contributed by atoms with Gasteiger partial charge in [-0.3, -0.25) is 0 Å². The molecule has 0 aromatic carbocycles. The van der Waals surface area contributed by atoms with Crippen LogP contribution in [0.1, 0.15) is 17.6 Å². The van der Waals surface area contributed by atoms with E-state index in [9.17, 15) is 0 Å². The number of aromatic nitrogens is 1. The Morgan fingerprint density at radius 3 is 3.06 bits per heavy atom. The molecule has 2 unspecified atom stereocenters. The summed E-state index contributed by atoms with van der Waals surface area (Å²) in [6, 6.07) is 0. The highest BCUT2D eigenvalue weighted by Crippen LogP contribution is 2.14. The lowest BCUT2D eigenvalue weighted by Crippen LogP contribution is -2.28. The molecule has 0 spiro atoms. The summed E-state index contributed by atoms with van der Waals surface area (Å²) in [7, 11) is 0. The second kappa shape index (κ2) is 5.75. The maximum atomic E-state index is 4.46. The van der Waals surface area contributed by atoms with Gasteiger partial charge in [-0.05, 0) is 38.4 Å². The molecule has 1 fully saturated rings. The third-order valence-electron chi connectivity index (χ3n) is 3.27. The Morgan fingerprint density at radius 1 is 1.56 bits per heavy atom. The van der Waals surface area contributed by atoms with Gasteiger partial charge < -0.3 is 10.6 Å². The highest BCUT2D eigenvalue weighted by Gasteiger charge is 2.21. The minimum atomic E-state index is 0.804. The van der Waals surface area contributed by atoms with Crippen molar-refractivity contribution >= 4 is 11.3 Å². The fraction of sp³-hybridized carbons (Fsp3) is 0.750. The van der Waals surface area contributed by atoms with Crippen LogP contribution in [0, 0.1) is 18.8 Å². The number of nitrogens with one attached hydrogen (secondary N) is 2. The largest absolute Gasteiger partial charge is 0.316 e. The van der Waals surface area contributed by atoms with E-state index in [0.717, 1.165) is 37.0 Å². The Balaban J connectivity index is 1.61. The number of nitrogens with zero attached hydrogens (tertiary/aromatic N) is 1. The number of thiazole rings is 1. The first-order valence-corrected chi connectivity index (χ1v) is 6.96. The van der Waals surface area contributed by atoms with E-state index in [1.54, 1.807) is 11.3 Å². The van der Waals surface area contributed by atoms with Gasteiger partial charge in [0.25, 0.3) is 0 Å². The zero-order valence-corrected chi connectivity index (χ0v) is 10.9. The van der Waals surface area contributed by atoms with Crippen molar-refractivity contribution in [1.82, 2.24) is 15.6 Å². The van der Waals surface area contributed by atoms with Crippen LogP contribution in [0.15, 0.2) is 5.38 Å². The molecular formula is C12H21N3S. The quantitative estimate of drug-likeness (QED) is 0.764. The van der Waals surface area contributed by atoms with Crippen LogP contribution in [-0.4, -0.2) is 31.2 Å². The topological polar surface area (TPSA) is 37.0 Å². The molecule has 1 aromatic heterocycles. The molecule has 2 rings (SSSR count). The van der Waals surface area contributed by atoms with Gasteiger partial charge in [0.15, 0.2) is 0 Å². The van der Waals surface area contributed by atoms with Crippen LogP contribution in [0.5, 0.6) is 0 Å². The Bertz CT molecular complexity index is 324. The standard InChI is InChI=1S/C12H21N3S/c1-9-5-14-7-11(9)6-13-4-3-12-15-10(2)8-16-12/h8-9,11,13-14H,3-7H2,1-2H3. The fourth-order valence-electron chi connectivity index (χ4n) is 2.14. The van der Waals surface area contributed by atoms with E-state index in [2.05, 4.69) is 34.8 Å². The molecule has 2 N–H and O–H groups in total. The highest BCUT2D eigenvalue weighted by molar-refractivity contribution is 7.09. The van der Waals surface area contributed by atoms with Gasteiger partial charge in [0.1, 0.15) is 0 Å². The molecule has 4 heteroatoms. The SMILES string of the molecule is Cc1csc(CCNCC2CNCC2C)n1. The second-order valence-corrected chi connectivity index (χ2v) is 5.68. The van der Waals surface area contributed by atoms with Crippen molar-refractivity contribution in [2.75, 3.05) is 26.2 Å². The molecule has 1 aliphatic rings. The van der Waals surface area contributed by atoms with E-state index >= 15 is 0 Å². The zero-order valence-electron chi connectivity index (χ0n) is 10.1. The van der Waals surface area contributed by atoms with Crippen LogP contribution in [0.25, 0.3) is 0 Å². The van der Waals surface area contributed by atoms with E-state index in [0.29, 0.717) is 0 Å². The predicted molar refractivity (Wildman–Crippen MR) is 68.9 cm³/mol. The average molecular weight is 239 g/mol. The second-order valence-electron chi connectivity index (χ2n) is 4.73.